The van der Waals surface area contributed by atoms with Gasteiger partial charge in [-0.3, -0.25) is 9.78 Å². The molecular formula is C24H26ClN3O. The smallest absolute Gasteiger partial charge is 0.251 e. The molecule has 0 atom stereocenters. The van der Waals surface area contributed by atoms with Crippen LogP contribution >= 0.6 is 11.6 Å². The molecule has 0 bridgehead atoms. The van der Waals surface area contributed by atoms with Gasteiger partial charge in [0.2, 0.25) is 0 Å². The highest BCUT2D eigenvalue weighted by Crippen LogP contribution is 2.28. The Bertz CT molecular complexity index is 1030. The molecule has 0 saturated carbocycles. The van der Waals surface area contributed by atoms with E-state index in [0.717, 1.165) is 33.5 Å². The molecule has 1 amide bonds. The van der Waals surface area contributed by atoms with Crippen molar-refractivity contribution in [3.05, 3.63) is 87.6 Å². The van der Waals surface area contributed by atoms with Crippen molar-refractivity contribution in [2.75, 3.05) is 0 Å². The first-order valence-corrected chi connectivity index (χ1v) is 10.1. The molecule has 4 nitrogen and oxygen atoms in total. The number of nitrogens with two attached hydrogens (primary N) is 1. The van der Waals surface area contributed by atoms with Crippen LogP contribution < -0.4 is 11.1 Å². The number of nitrogens with one attached hydrogen (secondary N) is 1. The number of carbonyl (C=O) groups is 1. The SMILES string of the molecule is Cc1cc(C(=O)NCc2cc(Cl)ccc2CN)cc(-c2ncccc2C(C)C)c1. The van der Waals surface area contributed by atoms with Gasteiger partial charge in [-0.25, -0.2) is 0 Å². The van der Waals surface area contributed by atoms with E-state index in [9.17, 15) is 4.79 Å². The molecule has 5 heteroatoms. The maximum Gasteiger partial charge on any atom is 0.251 e. The third-order valence-electron chi connectivity index (χ3n) is 4.90. The van der Waals surface area contributed by atoms with E-state index in [1.165, 1.54) is 0 Å². The number of rotatable bonds is 6. The normalized spacial score (nSPS) is 11.0. The van der Waals surface area contributed by atoms with Crippen molar-refractivity contribution in [1.29, 1.82) is 0 Å². The van der Waals surface area contributed by atoms with E-state index in [4.69, 9.17) is 17.3 Å². The standard InChI is InChI=1S/C24H26ClN3O/c1-15(2)22-5-4-8-27-23(22)18-9-16(3)10-19(11-18)24(29)28-14-20-12-21(25)7-6-17(20)13-26/h4-12,15H,13-14,26H2,1-3H3,(H,28,29). The molecule has 0 spiro atoms. The van der Waals surface area contributed by atoms with Crippen LogP contribution in [-0.2, 0) is 13.1 Å². The fourth-order valence-corrected chi connectivity index (χ4v) is 3.61. The van der Waals surface area contributed by atoms with E-state index in [0.29, 0.717) is 29.6 Å². The summed E-state index contributed by atoms with van der Waals surface area (Å²) in [7, 11) is 0. The van der Waals surface area contributed by atoms with Gasteiger partial charge < -0.3 is 11.1 Å². The Kier molecular flexibility index (Phi) is 6.68. The highest BCUT2D eigenvalue weighted by molar-refractivity contribution is 6.30. The highest BCUT2D eigenvalue weighted by atomic mass is 35.5. The van der Waals surface area contributed by atoms with E-state index in [2.05, 4.69) is 36.3 Å². The van der Waals surface area contributed by atoms with Gasteiger partial charge in [0.25, 0.3) is 5.91 Å². The number of pyridine rings is 1. The lowest BCUT2D eigenvalue weighted by Crippen LogP contribution is -2.24. The van der Waals surface area contributed by atoms with Crippen LogP contribution in [0, 0.1) is 6.92 Å². The average molecular weight is 408 g/mol. The minimum absolute atomic E-state index is 0.139. The second-order valence-corrected chi connectivity index (χ2v) is 7.92. The molecule has 3 N–H and O–H groups in total. The number of nitrogens with zero attached hydrogens (tertiary/aromatic N) is 1. The predicted molar refractivity (Wildman–Crippen MR) is 119 cm³/mol. The number of benzene rings is 2. The molecule has 3 aromatic rings. The lowest BCUT2D eigenvalue weighted by Gasteiger charge is -2.14. The number of halogens is 1. The second kappa shape index (κ2) is 9.21. The van der Waals surface area contributed by atoms with Crippen molar-refractivity contribution >= 4 is 17.5 Å². The fraction of sp³-hybridized carbons (Fsp3) is 0.250. The van der Waals surface area contributed by atoms with Gasteiger partial charge in [0.1, 0.15) is 0 Å². The van der Waals surface area contributed by atoms with Crippen LogP contribution in [-0.4, -0.2) is 10.9 Å². The lowest BCUT2D eigenvalue weighted by molar-refractivity contribution is 0.0951. The van der Waals surface area contributed by atoms with Crippen molar-refractivity contribution < 1.29 is 4.79 Å². The van der Waals surface area contributed by atoms with E-state index in [-0.39, 0.29) is 5.91 Å². The van der Waals surface area contributed by atoms with Crippen LogP contribution in [0.4, 0.5) is 0 Å². The van der Waals surface area contributed by atoms with Gasteiger partial charge in [0.15, 0.2) is 0 Å². The number of aromatic nitrogens is 1. The summed E-state index contributed by atoms with van der Waals surface area (Å²) in [6, 6.07) is 15.4. The maximum atomic E-state index is 12.9. The fourth-order valence-electron chi connectivity index (χ4n) is 3.41. The first kappa shape index (κ1) is 21.0. The van der Waals surface area contributed by atoms with Gasteiger partial charge in [0.05, 0.1) is 5.69 Å². The zero-order chi connectivity index (χ0) is 21.0. The predicted octanol–water partition coefficient (Wildman–Crippen LogP) is 5.22. The molecule has 0 fully saturated rings. The Morgan fingerprint density at radius 2 is 1.93 bits per heavy atom. The van der Waals surface area contributed by atoms with Gasteiger partial charge >= 0.3 is 0 Å². The summed E-state index contributed by atoms with van der Waals surface area (Å²) in [6.07, 6.45) is 1.79. The van der Waals surface area contributed by atoms with Crippen molar-refractivity contribution in [2.24, 2.45) is 5.73 Å². The summed E-state index contributed by atoms with van der Waals surface area (Å²) < 4.78 is 0. The lowest BCUT2D eigenvalue weighted by atomic mass is 9.95. The third-order valence-corrected chi connectivity index (χ3v) is 5.14. The van der Waals surface area contributed by atoms with Crippen LogP contribution in [0.5, 0.6) is 0 Å². The summed E-state index contributed by atoms with van der Waals surface area (Å²) in [4.78, 5) is 17.4. The first-order chi connectivity index (χ1) is 13.9. The molecule has 1 heterocycles. The van der Waals surface area contributed by atoms with Crippen molar-refractivity contribution in [2.45, 2.75) is 39.8 Å². The molecule has 150 valence electrons. The molecule has 2 aromatic carbocycles. The van der Waals surface area contributed by atoms with Crippen LogP contribution in [0.1, 0.15) is 52.4 Å². The van der Waals surface area contributed by atoms with Gasteiger partial charge in [-0.2, -0.15) is 0 Å². The van der Waals surface area contributed by atoms with Crippen molar-refractivity contribution in [1.82, 2.24) is 10.3 Å². The molecular weight excluding hydrogens is 382 g/mol. The topological polar surface area (TPSA) is 68.0 Å². The van der Waals surface area contributed by atoms with Gasteiger partial charge in [-0.05, 0) is 71.5 Å². The Labute approximate surface area is 177 Å². The molecule has 0 saturated heterocycles. The Morgan fingerprint density at radius 3 is 2.66 bits per heavy atom. The Hall–Kier alpha value is -2.69. The van der Waals surface area contributed by atoms with E-state index < -0.39 is 0 Å². The molecule has 3 rings (SSSR count). The van der Waals surface area contributed by atoms with E-state index in [1.54, 1.807) is 12.3 Å². The number of amides is 1. The minimum Gasteiger partial charge on any atom is -0.348 e. The number of carbonyl (C=O) groups excluding carboxylic acids is 1. The Balaban J connectivity index is 1.87. The largest absolute Gasteiger partial charge is 0.348 e. The maximum absolute atomic E-state index is 12.9. The first-order valence-electron chi connectivity index (χ1n) is 9.71. The van der Waals surface area contributed by atoms with Crippen molar-refractivity contribution in [3.63, 3.8) is 0 Å². The molecule has 0 aliphatic rings. The molecule has 1 aromatic heterocycles. The Morgan fingerprint density at radius 1 is 1.14 bits per heavy atom. The van der Waals surface area contributed by atoms with Crippen LogP contribution in [0.2, 0.25) is 5.02 Å². The zero-order valence-corrected chi connectivity index (χ0v) is 17.8. The monoisotopic (exact) mass is 407 g/mol. The van der Waals surface area contributed by atoms with Crippen LogP contribution in [0.15, 0.2) is 54.7 Å². The zero-order valence-electron chi connectivity index (χ0n) is 17.0. The average Bonchev–Trinajstić information content (AvgIpc) is 2.71. The molecule has 0 unspecified atom stereocenters. The summed E-state index contributed by atoms with van der Waals surface area (Å²) in [5, 5.41) is 3.61. The molecule has 0 aliphatic carbocycles. The third kappa shape index (κ3) is 5.03. The summed E-state index contributed by atoms with van der Waals surface area (Å²) in [6.45, 7) is 7.04. The van der Waals surface area contributed by atoms with E-state index >= 15 is 0 Å². The molecule has 0 aliphatic heterocycles. The molecule has 0 radical (unpaired) electrons. The van der Waals surface area contributed by atoms with Gasteiger partial charge in [-0.15, -0.1) is 0 Å². The van der Waals surface area contributed by atoms with E-state index in [1.807, 2.05) is 37.3 Å². The number of hydrogen-bond donors (Lipinski definition) is 2. The number of aryl methyl sites for hydroxylation is 1. The minimum atomic E-state index is -0.139. The van der Waals surface area contributed by atoms with Crippen LogP contribution in [0.3, 0.4) is 0 Å². The summed E-state index contributed by atoms with van der Waals surface area (Å²) in [5.74, 6) is 0.203. The number of hydrogen-bond acceptors (Lipinski definition) is 3. The van der Waals surface area contributed by atoms with Gasteiger partial charge in [0, 0.05) is 35.4 Å². The summed E-state index contributed by atoms with van der Waals surface area (Å²) >= 11 is 6.10. The summed E-state index contributed by atoms with van der Waals surface area (Å²) in [5.41, 5.74) is 12.3. The molecule has 29 heavy (non-hydrogen) atoms. The van der Waals surface area contributed by atoms with Crippen LogP contribution in [0.25, 0.3) is 11.3 Å². The quantitative estimate of drug-likeness (QED) is 0.588. The highest BCUT2D eigenvalue weighted by Gasteiger charge is 2.14. The van der Waals surface area contributed by atoms with Gasteiger partial charge in [-0.1, -0.05) is 37.6 Å². The van der Waals surface area contributed by atoms with Crippen molar-refractivity contribution in [3.8, 4) is 11.3 Å². The second-order valence-electron chi connectivity index (χ2n) is 7.48.